The van der Waals surface area contributed by atoms with Gasteiger partial charge in [0, 0.05) is 5.39 Å². The SMILES string of the molecule is C=CC(=N)COc1cccc2ccccc12. The highest BCUT2D eigenvalue weighted by Gasteiger charge is 2.01. The summed E-state index contributed by atoms with van der Waals surface area (Å²) in [4.78, 5) is 0. The lowest BCUT2D eigenvalue weighted by atomic mass is 10.1. The molecular formula is C14H13NO. The Bertz CT molecular complexity index is 526. The lowest BCUT2D eigenvalue weighted by Gasteiger charge is -2.08. The van der Waals surface area contributed by atoms with E-state index in [1.807, 2.05) is 42.5 Å². The van der Waals surface area contributed by atoms with Crippen LogP contribution in [0, 0.1) is 5.41 Å². The van der Waals surface area contributed by atoms with Gasteiger partial charge in [0.2, 0.25) is 0 Å². The Kier molecular flexibility index (Phi) is 3.01. The van der Waals surface area contributed by atoms with Crippen LogP contribution in [0.15, 0.2) is 55.1 Å². The zero-order valence-corrected chi connectivity index (χ0v) is 8.94. The van der Waals surface area contributed by atoms with Gasteiger partial charge in [-0.25, -0.2) is 0 Å². The van der Waals surface area contributed by atoms with Crippen molar-refractivity contribution in [2.45, 2.75) is 0 Å². The maximum Gasteiger partial charge on any atom is 0.129 e. The van der Waals surface area contributed by atoms with Gasteiger partial charge in [-0.15, -0.1) is 0 Å². The first-order chi connectivity index (χ1) is 7.81. The van der Waals surface area contributed by atoms with Crippen LogP contribution in [0.25, 0.3) is 10.8 Å². The van der Waals surface area contributed by atoms with E-state index in [-0.39, 0.29) is 6.61 Å². The van der Waals surface area contributed by atoms with Crippen molar-refractivity contribution in [2.24, 2.45) is 0 Å². The number of benzene rings is 2. The third kappa shape index (κ3) is 2.11. The molecule has 0 aliphatic carbocycles. The van der Waals surface area contributed by atoms with Crippen LogP contribution < -0.4 is 4.74 Å². The van der Waals surface area contributed by atoms with Gasteiger partial charge in [0.15, 0.2) is 0 Å². The van der Waals surface area contributed by atoms with Crippen molar-refractivity contribution in [3.05, 3.63) is 55.1 Å². The second kappa shape index (κ2) is 4.62. The summed E-state index contributed by atoms with van der Waals surface area (Å²) in [7, 11) is 0. The van der Waals surface area contributed by atoms with Crippen molar-refractivity contribution < 1.29 is 4.74 Å². The van der Waals surface area contributed by atoms with E-state index in [0.29, 0.717) is 5.71 Å². The fourth-order valence-electron chi connectivity index (χ4n) is 1.54. The molecule has 2 aromatic rings. The largest absolute Gasteiger partial charge is 0.487 e. The van der Waals surface area contributed by atoms with Crippen LogP contribution in [0.4, 0.5) is 0 Å². The van der Waals surface area contributed by atoms with Crippen LogP contribution in [-0.2, 0) is 0 Å². The predicted molar refractivity (Wildman–Crippen MR) is 67.4 cm³/mol. The molecule has 0 aliphatic rings. The average molecular weight is 211 g/mol. The van der Waals surface area contributed by atoms with Gasteiger partial charge in [0.05, 0.1) is 5.71 Å². The van der Waals surface area contributed by atoms with Gasteiger partial charge in [0.25, 0.3) is 0 Å². The fourth-order valence-corrected chi connectivity index (χ4v) is 1.54. The third-order valence-electron chi connectivity index (χ3n) is 2.38. The van der Waals surface area contributed by atoms with Gasteiger partial charge in [-0.05, 0) is 17.5 Å². The minimum atomic E-state index is 0.261. The van der Waals surface area contributed by atoms with Crippen LogP contribution in [0.5, 0.6) is 5.75 Å². The van der Waals surface area contributed by atoms with Crippen LogP contribution >= 0.6 is 0 Å². The summed E-state index contributed by atoms with van der Waals surface area (Å²) in [5.74, 6) is 0.810. The van der Waals surface area contributed by atoms with Crippen LogP contribution in [0.2, 0.25) is 0 Å². The van der Waals surface area contributed by atoms with E-state index in [0.717, 1.165) is 16.5 Å². The zero-order chi connectivity index (χ0) is 11.4. The third-order valence-corrected chi connectivity index (χ3v) is 2.38. The van der Waals surface area contributed by atoms with Crippen molar-refractivity contribution in [3.8, 4) is 5.75 Å². The first kappa shape index (κ1) is 10.4. The van der Waals surface area contributed by atoms with Gasteiger partial charge in [-0.3, -0.25) is 0 Å². The lowest BCUT2D eigenvalue weighted by molar-refractivity contribution is 0.381. The highest BCUT2D eigenvalue weighted by molar-refractivity contribution is 5.93. The summed E-state index contributed by atoms with van der Waals surface area (Å²) in [6.45, 7) is 3.79. The average Bonchev–Trinajstić information content (AvgIpc) is 2.35. The molecule has 2 nitrogen and oxygen atoms in total. The Balaban J connectivity index is 2.30. The molecule has 16 heavy (non-hydrogen) atoms. The Morgan fingerprint density at radius 2 is 1.94 bits per heavy atom. The molecule has 0 radical (unpaired) electrons. The molecule has 0 heterocycles. The van der Waals surface area contributed by atoms with Gasteiger partial charge >= 0.3 is 0 Å². The molecule has 0 bridgehead atoms. The van der Waals surface area contributed by atoms with Gasteiger partial charge in [-0.1, -0.05) is 43.0 Å². The monoisotopic (exact) mass is 211 g/mol. The number of fused-ring (bicyclic) bond motifs is 1. The molecule has 0 spiro atoms. The first-order valence-corrected chi connectivity index (χ1v) is 5.11. The summed E-state index contributed by atoms with van der Waals surface area (Å²) in [6.07, 6.45) is 1.49. The van der Waals surface area contributed by atoms with E-state index in [2.05, 4.69) is 6.58 Å². The first-order valence-electron chi connectivity index (χ1n) is 5.11. The van der Waals surface area contributed by atoms with E-state index in [9.17, 15) is 0 Å². The highest BCUT2D eigenvalue weighted by Crippen LogP contribution is 2.24. The Labute approximate surface area is 94.7 Å². The number of hydrogen-bond donors (Lipinski definition) is 1. The molecule has 2 aromatic carbocycles. The van der Waals surface area contributed by atoms with E-state index in [1.54, 1.807) is 0 Å². The molecule has 0 saturated heterocycles. The molecule has 0 unspecified atom stereocenters. The Morgan fingerprint density at radius 1 is 1.19 bits per heavy atom. The Hall–Kier alpha value is -2.09. The molecule has 2 heteroatoms. The Morgan fingerprint density at radius 3 is 2.75 bits per heavy atom. The molecule has 0 aliphatic heterocycles. The van der Waals surface area contributed by atoms with Gasteiger partial charge in [-0.2, -0.15) is 0 Å². The molecule has 0 fully saturated rings. The topological polar surface area (TPSA) is 33.1 Å². The zero-order valence-electron chi connectivity index (χ0n) is 8.94. The minimum Gasteiger partial charge on any atom is -0.487 e. The maximum absolute atomic E-state index is 7.45. The van der Waals surface area contributed by atoms with Crippen molar-refractivity contribution in [1.82, 2.24) is 0 Å². The molecule has 0 atom stereocenters. The van der Waals surface area contributed by atoms with Crippen LogP contribution in [0.1, 0.15) is 0 Å². The number of nitrogens with one attached hydrogen (secondary N) is 1. The van der Waals surface area contributed by atoms with Crippen molar-refractivity contribution in [2.75, 3.05) is 6.61 Å². The number of rotatable bonds is 4. The van der Waals surface area contributed by atoms with Gasteiger partial charge in [0.1, 0.15) is 12.4 Å². The number of hydrogen-bond acceptors (Lipinski definition) is 2. The molecule has 0 amide bonds. The van der Waals surface area contributed by atoms with Crippen LogP contribution in [0.3, 0.4) is 0 Å². The van der Waals surface area contributed by atoms with Crippen LogP contribution in [-0.4, -0.2) is 12.3 Å². The second-order valence-electron chi connectivity index (χ2n) is 3.50. The normalized spacial score (nSPS) is 10.0. The molecule has 1 N–H and O–H groups in total. The van der Waals surface area contributed by atoms with E-state index < -0.39 is 0 Å². The smallest absolute Gasteiger partial charge is 0.129 e. The van der Waals surface area contributed by atoms with Crippen molar-refractivity contribution >= 4 is 16.5 Å². The summed E-state index contributed by atoms with van der Waals surface area (Å²) in [5.41, 5.74) is 0.382. The molecule has 2 rings (SSSR count). The highest BCUT2D eigenvalue weighted by atomic mass is 16.5. The quantitative estimate of drug-likeness (QED) is 0.772. The molecule has 0 aromatic heterocycles. The maximum atomic E-state index is 7.45. The second-order valence-corrected chi connectivity index (χ2v) is 3.50. The number of ether oxygens (including phenoxy) is 1. The van der Waals surface area contributed by atoms with Crippen molar-refractivity contribution in [1.29, 1.82) is 5.41 Å². The van der Waals surface area contributed by atoms with Gasteiger partial charge < -0.3 is 10.1 Å². The minimum absolute atomic E-state index is 0.261. The summed E-state index contributed by atoms with van der Waals surface area (Å²) < 4.78 is 5.58. The van der Waals surface area contributed by atoms with E-state index >= 15 is 0 Å². The predicted octanol–water partition coefficient (Wildman–Crippen LogP) is 3.42. The van der Waals surface area contributed by atoms with E-state index in [4.69, 9.17) is 10.1 Å². The summed E-state index contributed by atoms with van der Waals surface area (Å²) in [5, 5.41) is 9.67. The van der Waals surface area contributed by atoms with Crippen molar-refractivity contribution in [3.63, 3.8) is 0 Å². The van der Waals surface area contributed by atoms with E-state index in [1.165, 1.54) is 6.08 Å². The summed E-state index contributed by atoms with van der Waals surface area (Å²) in [6, 6.07) is 13.9. The fraction of sp³-hybridized carbons (Fsp3) is 0.0714. The molecule has 0 saturated carbocycles. The molecule has 80 valence electrons. The molecular weight excluding hydrogens is 198 g/mol. The standard InChI is InChI=1S/C14H13NO/c1-2-12(15)10-16-14-9-5-7-11-6-3-4-8-13(11)14/h2-9,15H,1,10H2. The lowest BCUT2D eigenvalue weighted by Crippen LogP contribution is -2.07. The summed E-state index contributed by atoms with van der Waals surface area (Å²) >= 11 is 0.